The molecule has 56 valence electrons. The van der Waals surface area contributed by atoms with Gasteiger partial charge in [-0.25, -0.2) is 0 Å². The van der Waals surface area contributed by atoms with E-state index in [1.165, 1.54) is 0 Å². The average molecular weight is 169 g/mol. The summed E-state index contributed by atoms with van der Waals surface area (Å²) in [5.41, 5.74) is 0.944. The van der Waals surface area contributed by atoms with E-state index in [1.807, 2.05) is 18.2 Å². The van der Waals surface area contributed by atoms with Crippen LogP contribution >= 0.6 is 8.03 Å². The lowest BCUT2D eigenvalue weighted by Gasteiger charge is -2.04. The number of fused-ring (bicyclic) bond motifs is 1. The lowest BCUT2D eigenvalue weighted by atomic mass is 10.2. The summed E-state index contributed by atoms with van der Waals surface area (Å²) in [5, 5.41) is 0. The van der Waals surface area contributed by atoms with Crippen molar-refractivity contribution in [3.63, 3.8) is 0 Å². The van der Waals surface area contributed by atoms with E-state index in [0.717, 1.165) is 5.56 Å². The van der Waals surface area contributed by atoms with Gasteiger partial charge in [0.15, 0.2) is 5.75 Å². The van der Waals surface area contributed by atoms with Crippen LogP contribution in [0.15, 0.2) is 24.3 Å². The van der Waals surface area contributed by atoms with E-state index in [2.05, 4.69) is 4.67 Å². The molecule has 4 heteroatoms. The minimum Gasteiger partial charge on any atom is -0.293 e. The molecule has 1 aliphatic rings. The average Bonchev–Trinajstić information content (AvgIpc) is 2.04. The summed E-state index contributed by atoms with van der Waals surface area (Å²) in [5.74, 6) is 0.669. The van der Waals surface area contributed by atoms with Crippen LogP contribution in [0.25, 0.3) is 0 Å². The van der Waals surface area contributed by atoms with Gasteiger partial charge in [0.1, 0.15) is 0 Å². The van der Waals surface area contributed by atoms with Gasteiger partial charge in [-0.2, -0.15) is 0 Å². The Morgan fingerprint density at radius 3 is 3.09 bits per heavy atom. The van der Waals surface area contributed by atoms with E-state index in [0.29, 0.717) is 11.9 Å². The molecule has 1 unspecified atom stereocenters. The molecule has 1 atom stereocenters. The van der Waals surface area contributed by atoms with Crippen molar-refractivity contribution >= 4 is 8.03 Å². The minimum absolute atomic E-state index is 0.450. The van der Waals surface area contributed by atoms with E-state index in [9.17, 15) is 4.57 Å². The monoisotopic (exact) mass is 169 g/mol. The van der Waals surface area contributed by atoms with Crippen molar-refractivity contribution in [2.45, 2.75) is 6.16 Å². The third-order valence-electron chi connectivity index (χ3n) is 1.48. The zero-order valence-corrected chi connectivity index (χ0v) is 6.58. The first-order chi connectivity index (χ1) is 5.36. The van der Waals surface area contributed by atoms with Crippen molar-refractivity contribution < 1.29 is 14.1 Å². The number of para-hydroxylation sites is 1. The van der Waals surface area contributed by atoms with Crippen LogP contribution in [0.2, 0.25) is 0 Å². The largest absolute Gasteiger partial charge is 0.558 e. The zero-order chi connectivity index (χ0) is 7.68. The maximum atomic E-state index is 10.8. The standard InChI is InChI=1S/C7H6O3P/c8-11-5-6-3-1-2-4-7(6)9-10-11/h1-4H,5H2/q+1. The predicted molar refractivity (Wildman–Crippen MR) is 39.5 cm³/mol. The molecule has 0 saturated heterocycles. The number of hydrogen-bond donors (Lipinski definition) is 0. The van der Waals surface area contributed by atoms with Gasteiger partial charge in [-0.15, -0.1) is 0 Å². The summed E-state index contributed by atoms with van der Waals surface area (Å²) in [6.07, 6.45) is 0.450. The molecule has 0 N–H and O–H groups in total. The zero-order valence-electron chi connectivity index (χ0n) is 5.69. The molecular formula is C7H6O3P+. The molecule has 1 aromatic carbocycles. The molecule has 2 rings (SSSR count). The highest BCUT2D eigenvalue weighted by Crippen LogP contribution is 2.38. The highest BCUT2D eigenvalue weighted by Gasteiger charge is 2.29. The Hall–Kier alpha value is -0.920. The molecule has 1 aliphatic heterocycles. The van der Waals surface area contributed by atoms with Gasteiger partial charge in [0.25, 0.3) is 0 Å². The molecule has 3 nitrogen and oxygen atoms in total. The molecule has 0 aromatic heterocycles. The van der Waals surface area contributed by atoms with Crippen LogP contribution in [-0.4, -0.2) is 0 Å². The first kappa shape index (κ1) is 6.77. The SMILES string of the molecule is O=[P+]1Cc2ccccc2OO1. The Morgan fingerprint density at radius 1 is 1.36 bits per heavy atom. The van der Waals surface area contributed by atoms with Gasteiger partial charge < -0.3 is 0 Å². The Labute approximate surface area is 64.7 Å². The quantitative estimate of drug-likeness (QED) is 0.441. The molecule has 11 heavy (non-hydrogen) atoms. The van der Waals surface area contributed by atoms with Crippen molar-refractivity contribution in [1.29, 1.82) is 0 Å². The van der Waals surface area contributed by atoms with Crippen molar-refractivity contribution in [3.05, 3.63) is 29.8 Å². The second kappa shape index (κ2) is 2.61. The van der Waals surface area contributed by atoms with Crippen LogP contribution in [0.3, 0.4) is 0 Å². The second-order valence-electron chi connectivity index (χ2n) is 2.26. The van der Waals surface area contributed by atoms with E-state index < -0.39 is 8.03 Å². The fraction of sp³-hybridized carbons (Fsp3) is 0.143. The van der Waals surface area contributed by atoms with Crippen molar-refractivity contribution in [3.8, 4) is 5.75 Å². The Kier molecular flexibility index (Phi) is 1.60. The van der Waals surface area contributed by atoms with Gasteiger partial charge >= 0.3 is 8.03 Å². The van der Waals surface area contributed by atoms with Gasteiger partial charge in [-0.3, -0.25) is 4.89 Å². The van der Waals surface area contributed by atoms with Gasteiger partial charge in [0.05, 0.1) is 4.67 Å². The minimum atomic E-state index is -1.65. The van der Waals surface area contributed by atoms with Crippen LogP contribution in [0, 0.1) is 0 Å². The van der Waals surface area contributed by atoms with Crippen molar-refractivity contribution in [1.82, 2.24) is 0 Å². The Balaban J connectivity index is 2.41. The predicted octanol–water partition coefficient (Wildman–Crippen LogP) is 2.25. The summed E-state index contributed by atoms with van der Waals surface area (Å²) < 4.78 is 15.3. The first-order valence-electron chi connectivity index (χ1n) is 3.23. The summed E-state index contributed by atoms with van der Waals surface area (Å²) in [4.78, 5) is 4.75. The van der Waals surface area contributed by atoms with Crippen LogP contribution < -0.4 is 4.89 Å². The lowest BCUT2D eigenvalue weighted by molar-refractivity contribution is -0.0973. The van der Waals surface area contributed by atoms with E-state index in [-0.39, 0.29) is 0 Å². The second-order valence-corrected chi connectivity index (χ2v) is 3.39. The van der Waals surface area contributed by atoms with Crippen molar-refractivity contribution in [2.24, 2.45) is 0 Å². The normalized spacial score (nSPS) is 18.7. The molecule has 0 radical (unpaired) electrons. The summed E-state index contributed by atoms with van der Waals surface area (Å²) in [7, 11) is -1.65. The molecule has 1 aromatic rings. The van der Waals surface area contributed by atoms with Gasteiger partial charge in [0, 0.05) is 5.56 Å². The molecular weight excluding hydrogens is 163 g/mol. The summed E-state index contributed by atoms with van der Waals surface area (Å²) in [6.45, 7) is 0. The van der Waals surface area contributed by atoms with Gasteiger partial charge in [-0.1, -0.05) is 18.2 Å². The number of rotatable bonds is 0. The summed E-state index contributed by atoms with van der Waals surface area (Å²) in [6, 6.07) is 7.40. The fourth-order valence-corrected chi connectivity index (χ4v) is 1.72. The van der Waals surface area contributed by atoms with Gasteiger partial charge in [0.2, 0.25) is 6.16 Å². The van der Waals surface area contributed by atoms with Crippen LogP contribution in [0.5, 0.6) is 5.75 Å². The molecule has 0 amide bonds. The molecule has 0 saturated carbocycles. The van der Waals surface area contributed by atoms with E-state index in [4.69, 9.17) is 4.89 Å². The van der Waals surface area contributed by atoms with E-state index >= 15 is 0 Å². The highest BCUT2D eigenvalue weighted by molar-refractivity contribution is 7.38. The number of benzene rings is 1. The van der Waals surface area contributed by atoms with Gasteiger partial charge in [-0.05, 0) is 10.6 Å². The maximum Gasteiger partial charge on any atom is 0.558 e. The Bertz CT molecular complexity index is 297. The van der Waals surface area contributed by atoms with Crippen molar-refractivity contribution in [2.75, 3.05) is 0 Å². The van der Waals surface area contributed by atoms with Crippen LogP contribution in [-0.2, 0) is 15.4 Å². The van der Waals surface area contributed by atoms with E-state index in [1.54, 1.807) is 6.07 Å². The van der Waals surface area contributed by atoms with Crippen LogP contribution in [0.4, 0.5) is 0 Å². The molecule has 0 spiro atoms. The smallest absolute Gasteiger partial charge is 0.293 e. The van der Waals surface area contributed by atoms with Crippen LogP contribution in [0.1, 0.15) is 5.56 Å². The highest BCUT2D eigenvalue weighted by atomic mass is 31.1. The number of hydrogen-bond acceptors (Lipinski definition) is 3. The molecule has 0 fully saturated rings. The lowest BCUT2D eigenvalue weighted by Crippen LogP contribution is -1.99. The molecule has 0 aliphatic carbocycles. The molecule has 0 bridgehead atoms. The fourth-order valence-electron chi connectivity index (χ4n) is 0.963. The summed E-state index contributed by atoms with van der Waals surface area (Å²) >= 11 is 0. The topological polar surface area (TPSA) is 35.5 Å². The first-order valence-corrected chi connectivity index (χ1v) is 4.60. The third-order valence-corrected chi connectivity index (χ3v) is 2.32. The third kappa shape index (κ3) is 1.25. The maximum absolute atomic E-state index is 10.8. The Morgan fingerprint density at radius 2 is 2.18 bits per heavy atom. The molecule has 1 heterocycles.